The van der Waals surface area contributed by atoms with Gasteiger partial charge in [0.2, 0.25) is 0 Å². The molecule has 1 saturated heterocycles. The number of likely N-dealkylation sites (N-methyl/N-ethyl adjacent to an activating group) is 1. The van der Waals surface area contributed by atoms with Gasteiger partial charge in [0, 0.05) is 24.2 Å². The molecule has 3 nitrogen and oxygen atoms in total. The highest BCUT2D eigenvalue weighted by molar-refractivity contribution is 6.14. The molecule has 27 heavy (non-hydrogen) atoms. The SMILES string of the molecule is CCNCC.CN1CC(=Cc2ccccc2)C(=O)C(=Cc2ccccc2)C1. The fourth-order valence-corrected chi connectivity index (χ4v) is 2.96. The van der Waals surface area contributed by atoms with Crippen molar-refractivity contribution in [1.82, 2.24) is 10.2 Å². The van der Waals surface area contributed by atoms with Gasteiger partial charge in [-0.3, -0.25) is 9.69 Å². The molecule has 1 fully saturated rings. The van der Waals surface area contributed by atoms with Crippen LogP contribution in [-0.4, -0.2) is 43.9 Å². The first-order chi connectivity index (χ1) is 13.1. The van der Waals surface area contributed by atoms with Gasteiger partial charge in [-0.05, 0) is 43.4 Å². The molecule has 1 heterocycles. The van der Waals surface area contributed by atoms with E-state index in [2.05, 4.69) is 24.1 Å². The second kappa shape index (κ2) is 11.3. The van der Waals surface area contributed by atoms with Crippen molar-refractivity contribution in [1.29, 1.82) is 0 Å². The molecular formula is C24H30N2O. The number of rotatable bonds is 4. The van der Waals surface area contributed by atoms with E-state index in [0.717, 1.165) is 35.4 Å². The maximum absolute atomic E-state index is 12.7. The fraction of sp³-hybridized carbons (Fsp3) is 0.292. The summed E-state index contributed by atoms with van der Waals surface area (Å²) >= 11 is 0. The summed E-state index contributed by atoms with van der Waals surface area (Å²) in [5, 5.41) is 3.11. The van der Waals surface area contributed by atoms with Crippen molar-refractivity contribution < 1.29 is 4.79 Å². The van der Waals surface area contributed by atoms with Gasteiger partial charge in [-0.15, -0.1) is 0 Å². The van der Waals surface area contributed by atoms with Gasteiger partial charge in [0.1, 0.15) is 0 Å². The molecule has 142 valence electrons. The first-order valence-corrected chi connectivity index (χ1v) is 9.59. The Bertz CT molecular complexity index is 700. The van der Waals surface area contributed by atoms with E-state index < -0.39 is 0 Å². The van der Waals surface area contributed by atoms with E-state index in [0.29, 0.717) is 13.1 Å². The van der Waals surface area contributed by atoms with E-state index in [4.69, 9.17) is 0 Å². The van der Waals surface area contributed by atoms with E-state index in [1.165, 1.54) is 0 Å². The lowest BCUT2D eigenvalue weighted by Gasteiger charge is -2.26. The lowest BCUT2D eigenvalue weighted by Crippen LogP contribution is -2.34. The van der Waals surface area contributed by atoms with Crippen LogP contribution in [0.25, 0.3) is 12.2 Å². The van der Waals surface area contributed by atoms with Gasteiger partial charge in [0.05, 0.1) is 0 Å². The minimum absolute atomic E-state index is 0.158. The van der Waals surface area contributed by atoms with Crippen molar-refractivity contribution in [2.24, 2.45) is 0 Å². The largest absolute Gasteiger partial charge is 0.317 e. The average molecular weight is 363 g/mol. The highest BCUT2D eigenvalue weighted by atomic mass is 16.1. The Morgan fingerprint density at radius 3 is 1.56 bits per heavy atom. The Balaban J connectivity index is 0.000000465. The van der Waals surface area contributed by atoms with Crippen LogP contribution >= 0.6 is 0 Å². The third-order valence-corrected chi connectivity index (χ3v) is 4.24. The van der Waals surface area contributed by atoms with Crippen molar-refractivity contribution in [3.63, 3.8) is 0 Å². The predicted molar refractivity (Wildman–Crippen MR) is 116 cm³/mol. The minimum Gasteiger partial charge on any atom is -0.317 e. The zero-order valence-electron chi connectivity index (χ0n) is 16.6. The summed E-state index contributed by atoms with van der Waals surface area (Å²) in [5.41, 5.74) is 3.84. The van der Waals surface area contributed by atoms with Crippen LogP contribution < -0.4 is 5.32 Å². The van der Waals surface area contributed by atoms with E-state index in [9.17, 15) is 4.79 Å². The topological polar surface area (TPSA) is 32.3 Å². The molecule has 0 bridgehead atoms. The first-order valence-electron chi connectivity index (χ1n) is 9.59. The summed E-state index contributed by atoms with van der Waals surface area (Å²) in [6, 6.07) is 20.0. The number of benzene rings is 2. The number of piperidine rings is 1. The normalized spacial score (nSPS) is 17.7. The second-order valence-corrected chi connectivity index (χ2v) is 6.62. The van der Waals surface area contributed by atoms with E-state index in [-0.39, 0.29) is 5.78 Å². The number of Topliss-reactive ketones (excluding diaryl/α,β-unsaturated/α-hetero) is 1. The lowest BCUT2D eigenvalue weighted by molar-refractivity contribution is -0.113. The summed E-state index contributed by atoms with van der Waals surface area (Å²) in [6.07, 6.45) is 3.99. The van der Waals surface area contributed by atoms with Gasteiger partial charge in [0.15, 0.2) is 5.78 Å². The van der Waals surface area contributed by atoms with Crippen molar-refractivity contribution in [3.8, 4) is 0 Å². The molecule has 3 rings (SSSR count). The van der Waals surface area contributed by atoms with Crippen LogP contribution in [0.1, 0.15) is 25.0 Å². The molecule has 1 N–H and O–H groups in total. The summed E-state index contributed by atoms with van der Waals surface area (Å²) in [5.74, 6) is 0.158. The maximum atomic E-state index is 12.7. The average Bonchev–Trinajstić information content (AvgIpc) is 2.68. The third kappa shape index (κ3) is 6.97. The molecule has 2 aromatic carbocycles. The van der Waals surface area contributed by atoms with Crippen LogP contribution in [0, 0.1) is 0 Å². The van der Waals surface area contributed by atoms with Gasteiger partial charge in [-0.25, -0.2) is 0 Å². The monoisotopic (exact) mass is 362 g/mol. The van der Waals surface area contributed by atoms with Crippen molar-refractivity contribution in [3.05, 3.63) is 82.9 Å². The minimum atomic E-state index is 0.158. The molecule has 0 radical (unpaired) electrons. The molecule has 0 spiro atoms. The zero-order chi connectivity index (χ0) is 19.5. The van der Waals surface area contributed by atoms with Gasteiger partial charge in [0.25, 0.3) is 0 Å². The second-order valence-electron chi connectivity index (χ2n) is 6.62. The Morgan fingerprint density at radius 2 is 1.22 bits per heavy atom. The number of hydrogen-bond donors (Lipinski definition) is 1. The molecule has 1 aliphatic rings. The molecular weight excluding hydrogens is 332 g/mol. The number of carbonyl (C=O) groups is 1. The van der Waals surface area contributed by atoms with Crippen LogP contribution in [0.4, 0.5) is 0 Å². The van der Waals surface area contributed by atoms with Crippen LogP contribution in [-0.2, 0) is 4.79 Å². The number of hydrogen-bond acceptors (Lipinski definition) is 3. The van der Waals surface area contributed by atoms with Crippen LogP contribution in [0.15, 0.2) is 71.8 Å². The van der Waals surface area contributed by atoms with Gasteiger partial charge in [-0.1, -0.05) is 74.5 Å². The van der Waals surface area contributed by atoms with Gasteiger partial charge < -0.3 is 5.32 Å². The number of ketones is 1. The molecule has 0 amide bonds. The summed E-state index contributed by atoms with van der Waals surface area (Å²) in [6.45, 7) is 7.78. The maximum Gasteiger partial charge on any atom is 0.187 e. The van der Waals surface area contributed by atoms with E-state index in [1.54, 1.807) is 0 Å². The van der Waals surface area contributed by atoms with Crippen molar-refractivity contribution in [2.75, 3.05) is 33.2 Å². The Morgan fingerprint density at radius 1 is 0.815 bits per heavy atom. The predicted octanol–water partition coefficient (Wildman–Crippen LogP) is 4.28. The first kappa shape index (κ1) is 20.8. The highest BCUT2D eigenvalue weighted by Crippen LogP contribution is 2.21. The summed E-state index contributed by atoms with van der Waals surface area (Å²) in [4.78, 5) is 14.9. The highest BCUT2D eigenvalue weighted by Gasteiger charge is 2.23. The molecule has 1 aliphatic heterocycles. The standard InChI is InChI=1S/C20H19NO.C4H11N/c1-21-14-18(12-16-8-4-2-5-9-16)20(22)19(15-21)13-17-10-6-3-7-11-17;1-3-5-4-2/h2-13H,14-15H2,1H3;5H,3-4H2,1-2H3. The van der Waals surface area contributed by atoms with Crippen LogP contribution in [0.5, 0.6) is 0 Å². The number of likely N-dealkylation sites (tertiary alicyclic amines) is 1. The van der Waals surface area contributed by atoms with Crippen molar-refractivity contribution in [2.45, 2.75) is 13.8 Å². The molecule has 0 unspecified atom stereocenters. The third-order valence-electron chi connectivity index (χ3n) is 4.24. The molecule has 3 heteroatoms. The quantitative estimate of drug-likeness (QED) is 0.824. The van der Waals surface area contributed by atoms with Gasteiger partial charge in [-0.2, -0.15) is 0 Å². The molecule has 0 aromatic heterocycles. The molecule has 0 saturated carbocycles. The number of nitrogens with zero attached hydrogens (tertiary/aromatic N) is 1. The molecule has 0 aliphatic carbocycles. The fourth-order valence-electron chi connectivity index (χ4n) is 2.96. The summed E-state index contributed by atoms with van der Waals surface area (Å²) in [7, 11) is 2.05. The van der Waals surface area contributed by atoms with Gasteiger partial charge >= 0.3 is 0 Å². The Labute approximate surface area is 163 Å². The number of carbonyl (C=O) groups excluding carboxylic acids is 1. The molecule has 0 atom stereocenters. The smallest absolute Gasteiger partial charge is 0.187 e. The van der Waals surface area contributed by atoms with E-state index >= 15 is 0 Å². The number of nitrogens with one attached hydrogen (secondary N) is 1. The Kier molecular flexibility index (Phi) is 8.69. The summed E-state index contributed by atoms with van der Waals surface area (Å²) < 4.78 is 0. The van der Waals surface area contributed by atoms with Crippen molar-refractivity contribution >= 4 is 17.9 Å². The lowest BCUT2D eigenvalue weighted by atomic mass is 9.94. The molecule has 2 aromatic rings. The van der Waals surface area contributed by atoms with Crippen LogP contribution in [0.2, 0.25) is 0 Å². The Hall–Kier alpha value is -2.49. The van der Waals surface area contributed by atoms with Crippen LogP contribution in [0.3, 0.4) is 0 Å². The zero-order valence-corrected chi connectivity index (χ0v) is 16.6. The van der Waals surface area contributed by atoms with E-state index in [1.807, 2.05) is 79.9 Å².